The molecule has 1 aliphatic rings. The Kier molecular flexibility index (Phi) is 5.55. The Balaban J connectivity index is 0.00000205. The average molecular weight is 414 g/mol. The monoisotopic (exact) mass is 413 g/mol. The lowest BCUT2D eigenvalue weighted by molar-refractivity contribution is 0.0841. The van der Waals surface area contributed by atoms with Gasteiger partial charge in [0.15, 0.2) is 5.78 Å². The van der Waals surface area contributed by atoms with Gasteiger partial charge in [0.05, 0.1) is 0 Å². The maximum absolute atomic E-state index is 12.8. The summed E-state index contributed by atoms with van der Waals surface area (Å²) >= 11 is 0. The van der Waals surface area contributed by atoms with Gasteiger partial charge < -0.3 is 4.90 Å². The van der Waals surface area contributed by atoms with Gasteiger partial charge in [-0.1, -0.05) is 6.07 Å². The number of likely N-dealkylation sites (tertiary alicyclic amines) is 1. The second-order valence-corrected chi connectivity index (χ2v) is 7.29. The van der Waals surface area contributed by atoms with Crippen molar-refractivity contribution in [1.29, 1.82) is 0 Å². The van der Waals surface area contributed by atoms with E-state index in [9.17, 15) is 4.79 Å². The molecule has 2 aromatic carbocycles. The highest BCUT2D eigenvalue weighted by Crippen LogP contribution is 2.23. The van der Waals surface area contributed by atoms with Crippen molar-refractivity contribution in [2.45, 2.75) is 19.3 Å². The van der Waals surface area contributed by atoms with Crippen LogP contribution in [-0.4, -0.2) is 50.9 Å². The maximum Gasteiger partial charge on any atom is 0.166 e. The molecule has 4 aromatic rings. The van der Waals surface area contributed by atoms with Crippen LogP contribution >= 0.6 is 12.4 Å². The van der Waals surface area contributed by atoms with E-state index in [1.54, 1.807) is 12.1 Å². The molecular weight excluding hydrogens is 394 g/mol. The van der Waals surface area contributed by atoms with Crippen molar-refractivity contribution < 1.29 is 14.1 Å². The van der Waals surface area contributed by atoms with Gasteiger partial charge in [-0.3, -0.25) is 4.79 Å². The first-order valence-electron chi connectivity index (χ1n) is 9.46. The lowest BCUT2D eigenvalue weighted by Gasteiger charge is -2.31. The molecule has 5 rings (SSSR count). The summed E-state index contributed by atoms with van der Waals surface area (Å²) in [5, 5.41) is 15.3. The zero-order valence-electron chi connectivity index (χ0n) is 15.7. The molecule has 0 saturated carbocycles. The van der Waals surface area contributed by atoms with Gasteiger partial charge in [-0.25, -0.2) is 9.26 Å². The summed E-state index contributed by atoms with van der Waals surface area (Å²) in [6, 6.07) is 11.4. The highest BCUT2D eigenvalue weighted by atomic mass is 35.5. The van der Waals surface area contributed by atoms with Crippen molar-refractivity contribution in [3.8, 4) is 0 Å². The second-order valence-electron chi connectivity index (χ2n) is 7.29. The molecule has 0 spiro atoms. The Labute approximate surface area is 172 Å². The van der Waals surface area contributed by atoms with Crippen LogP contribution in [0, 0.1) is 5.92 Å². The largest absolute Gasteiger partial charge is 0.303 e. The van der Waals surface area contributed by atoms with E-state index in [-0.39, 0.29) is 24.1 Å². The Bertz CT molecular complexity index is 1130. The topological polar surface area (TPSA) is 98.2 Å². The quantitative estimate of drug-likeness (QED) is 0.459. The number of rotatable bonds is 5. The van der Waals surface area contributed by atoms with E-state index >= 15 is 0 Å². The number of ketones is 1. The molecule has 9 heteroatoms. The second kappa shape index (κ2) is 8.26. The summed E-state index contributed by atoms with van der Waals surface area (Å²) in [7, 11) is 0. The Morgan fingerprint density at radius 2 is 1.52 bits per heavy atom. The minimum atomic E-state index is 0. The normalized spacial score (nSPS) is 15.6. The van der Waals surface area contributed by atoms with E-state index in [0.29, 0.717) is 16.6 Å². The van der Waals surface area contributed by atoms with E-state index in [4.69, 9.17) is 9.26 Å². The highest BCUT2D eigenvalue weighted by Gasteiger charge is 2.26. The minimum Gasteiger partial charge on any atom is -0.303 e. The fourth-order valence-corrected chi connectivity index (χ4v) is 3.86. The molecular formula is C20H20ClN5O3. The fraction of sp³-hybridized carbons (Fsp3) is 0.350. The molecule has 0 aliphatic carbocycles. The van der Waals surface area contributed by atoms with Gasteiger partial charge in [-0.15, -0.1) is 12.4 Å². The molecule has 29 heavy (non-hydrogen) atoms. The number of hydrogen-bond acceptors (Lipinski definition) is 8. The molecule has 150 valence electrons. The molecule has 1 saturated heterocycles. The van der Waals surface area contributed by atoms with Gasteiger partial charge in [-0.2, -0.15) is 0 Å². The van der Waals surface area contributed by atoms with Crippen LogP contribution in [0.3, 0.4) is 0 Å². The van der Waals surface area contributed by atoms with Crippen LogP contribution in [0.25, 0.3) is 22.1 Å². The standard InChI is InChI=1S/C20H19N5O3.ClH/c26-20(15-2-4-17-19(12-15)24-28-22-17)14-6-9-25(10-7-14)8-5-13-1-3-16-18(11-13)23-27-21-16;/h1-4,11-12,14H,5-10H2;1H. The first-order chi connectivity index (χ1) is 13.8. The first-order valence-corrected chi connectivity index (χ1v) is 9.46. The molecule has 0 radical (unpaired) electrons. The smallest absolute Gasteiger partial charge is 0.166 e. The molecule has 2 aromatic heterocycles. The number of aromatic nitrogens is 4. The van der Waals surface area contributed by atoms with Crippen LogP contribution in [0.1, 0.15) is 28.8 Å². The van der Waals surface area contributed by atoms with Gasteiger partial charge in [0.1, 0.15) is 22.1 Å². The Morgan fingerprint density at radius 3 is 2.24 bits per heavy atom. The van der Waals surface area contributed by atoms with Gasteiger partial charge in [0, 0.05) is 18.0 Å². The van der Waals surface area contributed by atoms with E-state index < -0.39 is 0 Å². The molecule has 1 aliphatic heterocycles. The zero-order valence-corrected chi connectivity index (χ0v) is 16.5. The number of benzene rings is 2. The number of halogens is 1. The third-order valence-electron chi connectivity index (χ3n) is 5.53. The van der Waals surface area contributed by atoms with Crippen molar-refractivity contribution in [1.82, 2.24) is 25.5 Å². The number of nitrogens with zero attached hydrogens (tertiary/aromatic N) is 5. The van der Waals surface area contributed by atoms with E-state index in [1.807, 2.05) is 18.2 Å². The average Bonchev–Trinajstić information content (AvgIpc) is 3.40. The van der Waals surface area contributed by atoms with Crippen LogP contribution in [0.15, 0.2) is 45.7 Å². The molecule has 0 unspecified atom stereocenters. The molecule has 0 bridgehead atoms. The van der Waals surface area contributed by atoms with Crippen molar-refractivity contribution in [3.63, 3.8) is 0 Å². The summed E-state index contributed by atoms with van der Waals surface area (Å²) < 4.78 is 9.46. The fourth-order valence-electron chi connectivity index (χ4n) is 3.86. The van der Waals surface area contributed by atoms with Crippen LogP contribution in [0.5, 0.6) is 0 Å². The maximum atomic E-state index is 12.8. The molecule has 1 fully saturated rings. The van der Waals surface area contributed by atoms with Crippen LogP contribution in [0.2, 0.25) is 0 Å². The van der Waals surface area contributed by atoms with Crippen molar-refractivity contribution in [2.75, 3.05) is 19.6 Å². The van der Waals surface area contributed by atoms with Crippen LogP contribution < -0.4 is 0 Å². The molecule has 8 nitrogen and oxygen atoms in total. The zero-order chi connectivity index (χ0) is 18.9. The predicted molar refractivity (Wildman–Crippen MR) is 108 cm³/mol. The third kappa shape index (κ3) is 3.99. The number of carbonyl (C=O) groups is 1. The lowest BCUT2D eigenvalue weighted by Crippen LogP contribution is -2.37. The Hall–Kier alpha value is -2.84. The number of hydrogen-bond donors (Lipinski definition) is 0. The van der Waals surface area contributed by atoms with Crippen LogP contribution in [0.4, 0.5) is 0 Å². The molecule has 0 N–H and O–H groups in total. The van der Waals surface area contributed by atoms with Gasteiger partial charge in [-0.05, 0) is 88.9 Å². The molecule has 0 amide bonds. The summed E-state index contributed by atoms with van der Waals surface area (Å²) in [6.45, 7) is 2.82. The van der Waals surface area contributed by atoms with E-state index in [2.05, 4.69) is 31.6 Å². The summed E-state index contributed by atoms with van der Waals surface area (Å²) in [4.78, 5) is 15.2. The number of piperidine rings is 1. The van der Waals surface area contributed by atoms with Crippen molar-refractivity contribution in [3.05, 3.63) is 47.5 Å². The SMILES string of the molecule is Cl.O=C(c1ccc2nonc2c1)C1CCN(CCc2ccc3nonc3c2)CC1. The van der Waals surface area contributed by atoms with Gasteiger partial charge in [0.25, 0.3) is 0 Å². The first kappa shape index (κ1) is 19.5. The summed E-state index contributed by atoms with van der Waals surface area (Å²) in [6.07, 6.45) is 2.69. The summed E-state index contributed by atoms with van der Waals surface area (Å²) in [5.74, 6) is 0.250. The predicted octanol–water partition coefficient (Wildman–Crippen LogP) is 3.32. The van der Waals surface area contributed by atoms with E-state index in [0.717, 1.165) is 49.9 Å². The van der Waals surface area contributed by atoms with Gasteiger partial charge >= 0.3 is 0 Å². The third-order valence-corrected chi connectivity index (χ3v) is 5.53. The number of fused-ring (bicyclic) bond motifs is 2. The van der Waals surface area contributed by atoms with Crippen molar-refractivity contribution in [2.24, 2.45) is 5.92 Å². The number of carbonyl (C=O) groups excluding carboxylic acids is 1. The number of Topliss-reactive ketones (excluding diaryl/α,β-unsaturated/α-hetero) is 1. The highest BCUT2D eigenvalue weighted by molar-refractivity contribution is 6.00. The van der Waals surface area contributed by atoms with Crippen molar-refractivity contribution >= 4 is 40.3 Å². The van der Waals surface area contributed by atoms with E-state index in [1.165, 1.54) is 5.56 Å². The lowest BCUT2D eigenvalue weighted by atomic mass is 9.88. The van der Waals surface area contributed by atoms with Crippen LogP contribution in [-0.2, 0) is 6.42 Å². The minimum absolute atomic E-state index is 0. The Morgan fingerprint density at radius 1 is 0.897 bits per heavy atom. The van der Waals surface area contributed by atoms with Gasteiger partial charge in [0.2, 0.25) is 0 Å². The summed E-state index contributed by atoms with van der Waals surface area (Å²) in [5.41, 5.74) is 4.78. The molecule has 3 heterocycles. The molecule has 0 atom stereocenters.